The van der Waals surface area contributed by atoms with Crippen LogP contribution in [0.5, 0.6) is 0 Å². The van der Waals surface area contributed by atoms with E-state index in [1.54, 1.807) is 12.1 Å². The molecule has 1 aliphatic heterocycles. The molecule has 0 N–H and O–H groups in total. The first-order chi connectivity index (χ1) is 12.1. The molecule has 2 fully saturated rings. The molecule has 1 aromatic heterocycles. The molecule has 1 saturated carbocycles. The third-order valence-corrected chi connectivity index (χ3v) is 5.23. The van der Waals surface area contributed by atoms with E-state index in [9.17, 15) is 10.1 Å². The minimum absolute atomic E-state index is 0.136. The predicted molar refractivity (Wildman–Crippen MR) is 96.2 cm³/mol. The molecule has 1 aromatic carbocycles. The van der Waals surface area contributed by atoms with E-state index in [1.165, 1.54) is 18.9 Å². The SMILES string of the molecule is O=[N+]([O-])c1cccc(N2CCN(Cn3ncn(C4CC4)c3=S)CC2)c1. The van der Waals surface area contributed by atoms with Crippen LogP contribution in [0.15, 0.2) is 30.6 Å². The molecule has 0 atom stereocenters. The Bertz CT molecular complexity index is 835. The van der Waals surface area contributed by atoms with Crippen molar-refractivity contribution in [2.24, 2.45) is 0 Å². The van der Waals surface area contributed by atoms with Crippen molar-refractivity contribution in [3.8, 4) is 0 Å². The van der Waals surface area contributed by atoms with Crippen molar-refractivity contribution in [1.82, 2.24) is 19.2 Å². The highest BCUT2D eigenvalue weighted by atomic mass is 32.1. The second-order valence-corrected chi connectivity index (χ2v) is 6.94. The minimum atomic E-state index is -0.350. The molecule has 4 rings (SSSR count). The number of hydrogen-bond acceptors (Lipinski definition) is 6. The molecule has 25 heavy (non-hydrogen) atoms. The van der Waals surface area contributed by atoms with Crippen molar-refractivity contribution >= 4 is 23.6 Å². The first kappa shape index (κ1) is 16.2. The zero-order chi connectivity index (χ0) is 17.4. The summed E-state index contributed by atoms with van der Waals surface area (Å²) in [6.45, 7) is 4.11. The lowest BCUT2D eigenvalue weighted by molar-refractivity contribution is -0.384. The lowest BCUT2D eigenvalue weighted by Gasteiger charge is -2.35. The summed E-state index contributed by atoms with van der Waals surface area (Å²) in [5.74, 6) is 0. The van der Waals surface area contributed by atoms with Gasteiger partial charge in [-0.2, -0.15) is 5.10 Å². The summed E-state index contributed by atoms with van der Waals surface area (Å²) in [6.07, 6.45) is 4.24. The number of nitrogens with zero attached hydrogens (tertiary/aromatic N) is 6. The van der Waals surface area contributed by atoms with Gasteiger partial charge >= 0.3 is 0 Å². The Balaban J connectivity index is 1.37. The molecule has 0 radical (unpaired) electrons. The van der Waals surface area contributed by atoms with Gasteiger partial charge in [-0.15, -0.1) is 0 Å². The van der Waals surface area contributed by atoms with Crippen molar-refractivity contribution in [3.63, 3.8) is 0 Å². The van der Waals surface area contributed by atoms with E-state index in [1.807, 2.05) is 17.1 Å². The fourth-order valence-electron chi connectivity index (χ4n) is 3.19. The normalized spacial score (nSPS) is 18.5. The van der Waals surface area contributed by atoms with E-state index in [4.69, 9.17) is 12.2 Å². The highest BCUT2D eigenvalue weighted by Gasteiger charge is 2.25. The van der Waals surface area contributed by atoms with Crippen LogP contribution in [0.1, 0.15) is 18.9 Å². The van der Waals surface area contributed by atoms with Crippen molar-refractivity contribution in [3.05, 3.63) is 45.5 Å². The molecule has 9 heteroatoms. The lowest BCUT2D eigenvalue weighted by atomic mass is 10.2. The number of anilines is 1. The molecule has 8 nitrogen and oxygen atoms in total. The zero-order valence-corrected chi connectivity index (χ0v) is 14.6. The molecule has 0 bridgehead atoms. The number of aromatic nitrogens is 3. The van der Waals surface area contributed by atoms with Gasteiger partial charge in [0.05, 0.1) is 11.6 Å². The maximum Gasteiger partial charge on any atom is 0.271 e. The molecule has 0 spiro atoms. The van der Waals surface area contributed by atoms with E-state index < -0.39 is 0 Å². The highest BCUT2D eigenvalue weighted by Crippen LogP contribution is 2.34. The van der Waals surface area contributed by atoms with E-state index in [0.29, 0.717) is 12.7 Å². The molecule has 2 aliphatic rings. The largest absolute Gasteiger partial charge is 0.369 e. The highest BCUT2D eigenvalue weighted by molar-refractivity contribution is 7.71. The van der Waals surface area contributed by atoms with Crippen LogP contribution in [0, 0.1) is 14.9 Å². The van der Waals surface area contributed by atoms with Crippen molar-refractivity contribution in [2.45, 2.75) is 25.6 Å². The Kier molecular flexibility index (Phi) is 4.26. The number of nitro benzene ring substituents is 1. The quantitative estimate of drug-likeness (QED) is 0.463. The standard InChI is InChI=1S/C16H20N6O2S/c23-22(24)15-3-1-2-14(10-15)19-8-6-18(7-9-19)12-21-16(25)20(11-17-21)13-4-5-13/h1-3,10-11,13H,4-9,12H2. The van der Waals surface area contributed by atoms with Gasteiger partial charge in [0.2, 0.25) is 0 Å². The predicted octanol–water partition coefficient (Wildman–Crippen LogP) is 2.44. The van der Waals surface area contributed by atoms with Gasteiger partial charge in [0.1, 0.15) is 6.33 Å². The van der Waals surface area contributed by atoms with E-state index in [0.717, 1.165) is 36.6 Å². The Hall–Kier alpha value is -2.26. The zero-order valence-electron chi connectivity index (χ0n) is 13.8. The van der Waals surface area contributed by atoms with Gasteiger partial charge in [-0.05, 0) is 31.1 Å². The molecule has 1 aliphatic carbocycles. The maximum atomic E-state index is 10.9. The number of rotatable bonds is 5. The number of hydrogen-bond donors (Lipinski definition) is 0. The first-order valence-electron chi connectivity index (χ1n) is 8.47. The summed E-state index contributed by atoms with van der Waals surface area (Å²) in [5.41, 5.74) is 1.04. The Labute approximate surface area is 150 Å². The molecule has 0 unspecified atom stereocenters. The lowest BCUT2D eigenvalue weighted by Crippen LogP contribution is -2.47. The molecular weight excluding hydrogens is 340 g/mol. The molecule has 1 saturated heterocycles. The summed E-state index contributed by atoms with van der Waals surface area (Å²) in [6, 6.07) is 7.38. The Morgan fingerprint density at radius 1 is 1.24 bits per heavy atom. The number of benzene rings is 1. The summed E-state index contributed by atoms with van der Waals surface area (Å²) in [5, 5.41) is 15.4. The van der Waals surface area contributed by atoms with Crippen LogP contribution in [0.25, 0.3) is 0 Å². The fraction of sp³-hybridized carbons (Fsp3) is 0.500. The smallest absolute Gasteiger partial charge is 0.271 e. The van der Waals surface area contributed by atoms with Crippen molar-refractivity contribution in [1.29, 1.82) is 0 Å². The minimum Gasteiger partial charge on any atom is -0.369 e. The number of non-ortho nitro benzene ring substituents is 1. The Morgan fingerprint density at radius 2 is 2.00 bits per heavy atom. The van der Waals surface area contributed by atoms with E-state index in [2.05, 4.69) is 19.5 Å². The second kappa shape index (κ2) is 6.57. The fourth-order valence-corrected chi connectivity index (χ4v) is 3.49. The third-order valence-electron chi connectivity index (χ3n) is 4.81. The van der Waals surface area contributed by atoms with Crippen LogP contribution in [-0.2, 0) is 6.67 Å². The van der Waals surface area contributed by atoms with Crippen LogP contribution in [0.3, 0.4) is 0 Å². The van der Waals surface area contributed by atoms with Crippen LogP contribution in [0.2, 0.25) is 0 Å². The van der Waals surface area contributed by atoms with Crippen LogP contribution in [-0.4, -0.2) is 50.3 Å². The monoisotopic (exact) mass is 360 g/mol. The van der Waals surface area contributed by atoms with Crippen LogP contribution < -0.4 is 4.90 Å². The summed E-state index contributed by atoms with van der Waals surface area (Å²) < 4.78 is 4.77. The van der Waals surface area contributed by atoms with Gasteiger partial charge in [-0.3, -0.25) is 15.0 Å². The van der Waals surface area contributed by atoms with Gasteiger partial charge in [0, 0.05) is 50.0 Å². The first-order valence-corrected chi connectivity index (χ1v) is 8.88. The molecular formula is C16H20N6O2S. The molecule has 0 amide bonds. The van der Waals surface area contributed by atoms with Gasteiger partial charge in [-0.1, -0.05) is 6.07 Å². The van der Waals surface area contributed by atoms with Crippen LogP contribution in [0.4, 0.5) is 11.4 Å². The van der Waals surface area contributed by atoms with Crippen LogP contribution >= 0.6 is 12.2 Å². The molecule has 2 aromatic rings. The molecule has 2 heterocycles. The van der Waals surface area contributed by atoms with Gasteiger partial charge in [-0.25, -0.2) is 4.68 Å². The maximum absolute atomic E-state index is 10.9. The number of nitro groups is 1. The van der Waals surface area contributed by atoms with Crippen molar-refractivity contribution < 1.29 is 4.92 Å². The average Bonchev–Trinajstić information content (AvgIpc) is 3.41. The number of piperazine rings is 1. The second-order valence-electron chi connectivity index (χ2n) is 6.57. The van der Waals surface area contributed by atoms with Crippen molar-refractivity contribution in [2.75, 3.05) is 31.1 Å². The summed E-state index contributed by atoms with van der Waals surface area (Å²) in [4.78, 5) is 15.1. The van der Waals surface area contributed by atoms with E-state index in [-0.39, 0.29) is 10.6 Å². The van der Waals surface area contributed by atoms with Gasteiger partial charge in [0.25, 0.3) is 5.69 Å². The topological polar surface area (TPSA) is 72.4 Å². The third kappa shape index (κ3) is 3.42. The summed E-state index contributed by atoms with van der Waals surface area (Å²) >= 11 is 5.51. The summed E-state index contributed by atoms with van der Waals surface area (Å²) in [7, 11) is 0. The molecule has 132 valence electrons. The van der Waals surface area contributed by atoms with E-state index >= 15 is 0 Å². The van der Waals surface area contributed by atoms with Gasteiger partial charge in [0.15, 0.2) is 4.77 Å². The Morgan fingerprint density at radius 3 is 2.68 bits per heavy atom. The van der Waals surface area contributed by atoms with Gasteiger partial charge < -0.3 is 9.47 Å². The average molecular weight is 360 g/mol.